The number of aryl methyl sites for hydroxylation is 1. The fourth-order valence-electron chi connectivity index (χ4n) is 6.16. The van der Waals surface area contributed by atoms with Gasteiger partial charge in [0.1, 0.15) is 25.8 Å². The van der Waals surface area contributed by atoms with E-state index in [1.807, 2.05) is 43.3 Å². The lowest BCUT2D eigenvalue weighted by molar-refractivity contribution is -0.119. The van der Waals surface area contributed by atoms with Crippen LogP contribution in [0.15, 0.2) is 60.2 Å². The molecule has 51 heavy (non-hydrogen) atoms. The summed E-state index contributed by atoms with van der Waals surface area (Å²) in [6, 6.07) is 17.1. The SMILES string of the molecule is CNC(=O)OCCc1ccc(Cl)c(CNC(=O)C2=C(c3ccc(OCCOc4c(Cl)cc(C)cc4Cl)cc3)CCN(C3CC3)[C@@H]2COCOC)c1. The van der Waals surface area contributed by atoms with E-state index in [1.54, 1.807) is 25.3 Å². The molecule has 274 valence electrons. The van der Waals surface area contributed by atoms with Crippen LogP contribution in [0.5, 0.6) is 11.5 Å². The molecular formula is C38H44Cl3N3O7. The van der Waals surface area contributed by atoms with Crippen molar-refractivity contribution in [2.75, 3.05) is 53.9 Å². The molecule has 0 radical (unpaired) electrons. The third-order valence-electron chi connectivity index (χ3n) is 8.74. The molecular weight excluding hydrogens is 717 g/mol. The number of hydrogen-bond acceptors (Lipinski definition) is 8. The van der Waals surface area contributed by atoms with Crippen LogP contribution < -0.4 is 20.1 Å². The zero-order valence-electron chi connectivity index (χ0n) is 29.1. The second kappa shape index (κ2) is 18.8. The maximum absolute atomic E-state index is 14.2. The minimum atomic E-state index is -0.487. The van der Waals surface area contributed by atoms with E-state index in [0.717, 1.165) is 47.2 Å². The monoisotopic (exact) mass is 759 g/mol. The normalized spacial score (nSPS) is 16.2. The maximum atomic E-state index is 14.2. The summed E-state index contributed by atoms with van der Waals surface area (Å²) in [5.41, 5.74) is 5.22. The Kier molecular flexibility index (Phi) is 14.3. The van der Waals surface area contributed by atoms with Gasteiger partial charge in [-0.15, -0.1) is 0 Å². The fraction of sp³-hybridized carbons (Fsp3) is 0.421. The summed E-state index contributed by atoms with van der Waals surface area (Å²) in [5, 5.41) is 7.03. The molecule has 1 heterocycles. The molecule has 2 aliphatic rings. The van der Waals surface area contributed by atoms with Crippen molar-refractivity contribution in [3.63, 3.8) is 0 Å². The topological polar surface area (TPSA) is 108 Å². The van der Waals surface area contributed by atoms with Crippen molar-refractivity contribution in [1.82, 2.24) is 15.5 Å². The number of halogens is 3. The predicted molar refractivity (Wildman–Crippen MR) is 199 cm³/mol. The first kappa shape index (κ1) is 38.7. The van der Waals surface area contributed by atoms with Crippen LogP contribution in [0.4, 0.5) is 4.79 Å². The molecule has 3 aromatic rings. The molecule has 2 N–H and O–H groups in total. The van der Waals surface area contributed by atoms with Crippen LogP contribution in [-0.4, -0.2) is 82.9 Å². The highest BCUT2D eigenvalue weighted by atomic mass is 35.5. The number of carbonyl (C=O) groups is 2. The molecule has 0 unspecified atom stereocenters. The fourth-order valence-corrected chi connectivity index (χ4v) is 7.05. The van der Waals surface area contributed by atoms with Crippen LogP contribution in [0.1, 0.15) is 41.5 Å². The van der Waals surface area contributed by atoms with Gasteiger partial charge in [0.05, 0.1) is 29.3 Å². The third kappa shape index (κ3) is 10.8. The Morgan fingerprint density at radius 1 is 0.922 bits per heavy atom. The second-order valence-corrected chi connectivity index (χ2v) is 13.6. The van der Waals surface area contributed by atoms with E-state index in [0.29, 0.717) is 57.6 Å². The Hall–Kier alpha value is -3.51. The van der Waals surface area contributed by atoms with E-state index in [9.17, 15) is 9.59 Å². The Morgan fingerprint density at radius 2 is 1.65 bits per heavy atom. The summed E-state index contributed by atoms with van der Waals surface area (Å²) >= 11 is 19.2. The number of ether oxygens (including phenoxy) is 5. The molecule has 2 amide bonds. The number of amides is 2. The number of hydrogen-bond donors (Lipinski definition) is 2. The lowest BCUT2D eigenvalue weighted by Crippen LogP contribution is -2.49. The van der Waals surface area contributed by atoms with E-state index < -0.39 is 6.09 Å². The van der Waals surface area contributed by atoms with Crippen molar-refractivity contribution in [3.05, 3.63) is 97.5 Å². The zero-order chi connectivity index (χ0) is 36.3. The summed E-state index contributed by atoms with van der Waals surface area (Å²) in [6.07, 6.45) is 2.91. The van der Waals surface area contributed by atoms with Gasteiger partial charge in [-0.25, -0.2) is 4.79 Å². The van der Waals surface area contributed by atoms with Crippen molar-refractivity contribution in [2.24, 2.45) is 0 Å². The first-order valence-electron chi connectivity index (χ1n) is 17.0. The highest BCUT2D eigenvalue weighted by Gasteiger charge is 2.41. The Morgan fingerprint density at radius 3 is 2.33 bits per heavy atom. The van der Waals surface area contributed by atoms with E-state index in [2.05, 4.69) is 15.5 Å². The van der Waals surface area contributed by atoms with E-state index >= 15 is 0 Å². The van der Waals surface area contributed by atoms with E-state index in [4.69, 9.17) is 58.5 Å². The second-order valence-electron chi connectivity index (χ2n) is 12.4. The number of nitrogens with zero attached hydrogens (tertiary/aromatic N) is 1. The van der Waals surface area contributed by atoms with Crippen LogP contribution in [0.3, 0.4) is 0 Å². The molecule has 0 saturated heterocycles. The molecule has 0 spiro atoms. The summed E-state index contributed by atoms with van der Waals surface area (Å²) in [5.74, 6) is 0.919. The molecule has 13 heteroatoms. The van der Waals surface area contributed by atoms with Crippen molar-refractivity contribution >= 4 is 52.4 Å². The highest BCUT2D eigenvalue weighted by molar-refractivity contribution is 6.37. The van der Waals surface area contributed by atoms with E-state index in [-0.39, 0.29) is 45.1 Å². The number of methoxy groups -OCH3 is 1. The molecule has 5 rings (SSSR count). The average Bonchev–Trinajstić information content (AvgIpc) is 3.96. The number of rotatable bonds is 17. The first-order chi connectivity index (χ1) is 24.7. The number of benzene rings is 3. The van der Waals surface area contributed by atoms with Gasteiger partial charge >= 0.3 is 6.09 Å². The summed E-state index contributed by atoms with van der Waals surface area (Å²) in [6.45, 7) is 4.16. The van der Waals surface area contributed by atoms with Gasteiger partial charge in [-0.3, -0.25) is 9.69 Å². The molecule has 1 saturated carbocycles. The Balaban J connectivity index is 1.31. The molecule has 1 atom stereocenters. The average molecular weight is 761 g/mol. The summed E-state index contributed by atoms with van der Waals surface area (Å²) in [4.78, 5) is 28.1. The molecule has 10 nitrogen and oxygen atoms in total. The quantitative estimate of drug-likeness (QED) is 0.110. The lowest BCUT2D eigenvalue weighted by atomic mass is 9.87. The smallest absolute Gasteiger partial charge is 0.406 e. The van der Waals surface area contributed by atoms with Crippen LogP contribution >= 0.6 is 34.8 Å². The summed E-state index contributed by atoms with van der Waals surface area (Å²) < 4.78 is 28.0. The van der Waals surface area contributed by atoms with Crippen LogP contribution in [0, 0.1) is 6.92 Å². The van der Waals surface area contributed by atoms with Gasteiger partial charge in [0.15, 0.2) is 5.75 Å². The van der Waals surface area contributed by atoms with Crippen molar-refractivity contribution in [2.45, 2.75) is 51.2 Å². The van der Waals surface area contributed by atoms with E-state index in [1.165, 1.54) is 7.05 Å². The largest absolute Gasteiger partial charge is 0.490 e. The van der Waals surface area contributed by atoms with Gasteiger partial charge in [-0.05, 0) is 84.3 Å². The standard InChI is InChI=1S/C38H44Cl3N3O7/c1-24-18-32(40)36(33(41)19-24)50-17-16-49-29-9-5-26(6-10-29)30-12-14-44(28-7-8-28)34(22-48-23-47-3)35(30)37(45)43-21-27-20-25(4-11-31(27)39)13-15-51-38(46)42-2/h4-6,9-11,18-20,28,34H,7-8,12-17,21-23H2,1-3H3,(H,42,46)(H,43,45)/t34-/m1/s1. The highest BCUT2D eigenvalue weighted by Crippen LogP contribution is 2.39. The number of carbonyl (C=O) groups excluding carboxylic acids is 2. The minimum absolute atomic E-state index is 0.128. The molecule has 3 aromatic carbocycles. The van der Waals surface area contributed by atoms with Crippen LogP contribution in [0.2, 0.25) is 15.1 Å². The van der Waals surface area contributed by atoms with Gasteiger partial charge in [-0.1, -0.05) is 59.1 Å². The van der Waals surface area contributed by atoms with Crippen molar-refractivity contribution < 1.29 is 33.3 Å². The number of alkyl carbamates (subject to hydrolysis) is 1. The molecule has 1 aliphatic carbocycles. The van der Waals surface area contributed by atoms with Gasteiger partial charge in [0, 0.05) is 50.3 Å². The van der Waals surface area contributed by atoms with Gasteiger partial charge < -0.3 is 34.3 Å². The molecule has 1 fully saturated rings. The van der Waals surface area contributed by atoms with Crippen molar-refractivity contribution in [3.8, 4) is 11.5 Å². The maximum Gasteiger partial charge on any atom is 0.406 e. The number of nitrogens with one attached hydrogen (secondary N) is 2. The van der Waals surface area contributed by atoms with Crippen LogP contribution in [0.25, 0.3) is 5.57 Å². The van der Waals surface area contributed by atoms with Crippen LogP contribution in [-0.2, 0) is 32.0 Å². The summed E-state index contributed by atoms with van der Waals surface area (Å²) in [7, 11) is 3.10. The predicted octanol–water partition coefficient (Wildman–Crippen LogP) is 7.24. The lowest BCUT2D eigenvalue weighted by Gasteiger charge is -2.38. The molecule has 0 bridgehead atoms. The van der Waals surface area contributed by atoms with Gasteiger partial charge in [-0.2, -0.15) is 0 Å². The van der Waals surface area contributed by atoms with Gasteiger partial charge in [0.2, 0.25) is 5.91 Å². The Bertz CT molecular complexity index is 1680. The third-order valence-corrected chi connectivity index (χ3v) is 9.67. The first-order valence-corrected chi connectivity index (χ1v) is 18.1. The molecule has 0 aromatic heterocycles. The van der Waals surface area contributed by atoms with Gasteiger partial charge in [0.25, 0.3) is 0 Å². The minimum Gasteiger partial charge on any atom is -0.490 e. The zero-order valence-corrected chi connectivity index (χ0v) is 31.3. The Labute approximate surface area is 314 Å². The van der Waals surface area contributed by atoms with Crippen molar-refractivity contribution in [1.29, 1.82) is 0 Å². The molecule has 1 aliphatic heterocycles.